The van der Waals surface area contributed by atoms with Crippen LogP contribution >= 0.6 is 15.9 Å². The molecule has 1 saturated heterocycles. The molecule has 0 spiro atoms. The molecule has 106 valence electrons. The zero-order chi connectivity index (χ0) is 13.7. The number of ether oxygens (including phenoxy) is 1. The van der Waals surface area contributed by atoms with Gasteiger partial charge in [0.25, 0.3) is 0 Å². The molecule has 1 aliphatic heterocycles. The molecule has 2 nitrogen and oxygen atoms in total. The third-order valence-electron chi connectivity index (χ3n) is 3.69. The largest absolute Gasteiger partial charge is 0.381 e. The van der Waals surface area contributed by atoms with Gasteiger partial charge in [-0.05, 0) is 49.9 Å². The van der Waals surface area contributed by atoms with Gasteiger partial charge in [-0.15, -0.1) is 0 Å². The molecule has 1 unspecified atom stereocenters. The second-order valence-corrected chi connectivity index (χ2v) is 5.98. The zero-order valence-corrected chi connectivity index (χ0v) is 12.9. The van der Waals surface area contributed by atoms with Crippen LogP contribution in [0.15, 0.2) is 22.7 Å². The van der Waals surface area contributed by atoms with E-state index in [0.717, 1.165) is 49.1 Å². The van der Waals surface area contributed by atoms with Gasteiger partial charge >= 0.3 is 0 Å². The Morgan fingerprint density at radius 2 is 2.16 bits per heavy atom. The summed E-state index contributed by atoms with van der Waals surface area (Å²) in [4.78, 5) is 0. The van der Waals surface area contributed by atoms with Crippen molar-refractivity contribution in [3.63, 3.8) is 0 Å². The maximum absolute atomic E-state index is 14.0. The molecular weight excluding hydrogens is 309 g/mol. The summed E-state index contributed by atoms with van der Waals surface area (Å²) in [5.41, 5.74) is 0.766. The maximum Gasteiger partial charge on any atom is 0.128 e. The van der Waals surface area contributed by atoms with Gasteiger partial charge in [-0.3, -0.25) is 0 Å². The van der Waals surface area contributed by atoms with Crippen molar-refractivity contribution in [3.8, 4) is 0 Å². The Morgan fingerprint density at radius 3 is 2.84 bits per heavy atom. The first-order valence-corrected chi connectivity index (χ1v) is 7.76. The Labute approximate surface area is 122 Å². The molecule has 19 heavy (non-hydrogen) atoms. The van der Waals surface area contributed by atoms with Gasteiger partial charge in [0.2, 0.25) is 0 Å². The van der Waals surface area contributed by atoms with Crippen LogP contribution in [0.2, 0.25) is 0 Å². The van der Waals surface area contributed by atoms with E-state index in [1.54, 1.807) is 6.07 Å². The first kappa shape index (κ1) is 14.9. The highest BCUT2D eigenvalue weighted by Gasteiger charge is 2.22. The van der Waals surface area contributed by atoms with Crippen molar-refractivity contribution in [2.45, 2.75) is 32.2 Å². The third kappa shape index (κ3) is 4.26. The topological polar surface area (TPSA) is 21.3 Å². The van der Waals surface area contributed by atoms with Crippen LogP contribution < -0.4 is 5.32 Å². The van der Waals surface area contributed by atoms with Crippen LogP contribution in [0.5, 0.6) is 0 Å². The quantitative estimate of drug-likeness (QED) is 0.879. The minimum Gasteiger partial charge on any atom is -0.381 e. The van der Waals surface area contributed by atoms with Gasteiger partial charge in [0.15, 0.2) is 0 Å². The van der Waals surface area contributed by atoms with E-state index in [1.807, 2.05) is 6.07 Å². The molecule has 1 aliphatic rings. The molecule has 1 N–H and O–H groups in total. The molecule has 1 heterocycles. The molecule has 0 radical (unpaired) electrons. The fraction of sp³-hybridized carbons (Fsp3) is 0.600. The number of nitrogens with one attached hydrogen (secondary N) is 1. The van der Waals surface area contributed by atoms with Crippen LogP contribution in [0.25, 0.3) is 0 Å². The number of rotatable bonds is 5. The minimum atomic E-state index is -0.124. The molecule has 0 aromatic heterocycles. The fourth-order valence-corrected chi connectivity index (χ4v) is 3.04. The number of hydrogen-bond acceptors (Lipinski definition) is 2. The van der Waals surface area contributed by atoms with E-state index in [1.165, 1.54) is 6.07 Å². The average Bonchev–Trinajstić information content (AvgIpc) is 2.42. The second-order valence-electron chi connectivity index (χ2n) is 5.07. The van der Waals surface area contributed by atoms with Crippen molar-refractivity contribution in [1.29, 1.82) is 0 Å². The van der Waals surface area contributed by atoms with Gasteiger partial charge in [0.05, 0.1) is 0 Å². The van der Waals surface area contributed by atoms with Gasteiger partial charge in [0, 0.05) is 29.3 Å². The number of halogens is 2. The summed E-state index contributed by atoms with van der Waals surface area (Å²) in [6, 6.07) is 5.26. The summed E-state index contributed by atoms with van der Waals surface area (Å²) in [6.45, 7) is 4.58. The highest BCUT2D eigenvalue weighted by molar-refractivity contribution is 9.10. The van der Waals surface area contributed by atoms with Crippen molar-refractivity contribution in [1.82, 2.24) is 5.32 Å². The summed E-state index contributed by atoms with van der Waals surface area (Å²) in [7, 11) is 0. The lowest BCUT2D eigenvalue weighted by molar-refractivity contribution is 0.0604. The summed E-state index contributed by atoms with van der Waals surface area (Å²) in [5.74, 6) is 0.498. The molecular formula is C15H21BrFNO. The number of hydrogen-bond donors (Lipinski definition) is 1. The van der Waals surface area contributed by atoms with Crippen LogP contribution in [0.4, 0.5) is 4.39 Å². The Hall–Kier alpha value is -0.450. The normalized spacial score (nSPS) is 18.5. The maximum atomic E-state index is 14.0. The van der Waals surface area contributed by atoms with E-state index < -0.39 is 0 Å². The highest BCUT2D eigenvalue weighted by Crippen LogP contribution is 2.30. The summed E-state index contributed by atoms with van der Waals surface area (Å²) >= 11 is 3.43. The fourth-order valence-electron chi connectivity index (χ4n) is 2.66. The van der Waals surface area contributed by atoms with Gasteiger partial charge < -0.3 is 10.1 Å². The molecule has 2 rings (SSSR count). The molecule has 0 saturated carbocycles. The lowest BCUT2D eigenvalue weighted by Crippen LogP contribution is -2.27. The molecule has 0 amide bonds. The third-order valence-corrected chi connectivity index (χ3v) is 4.19. The Balaban J connectivity index is 2.11. The van der Waals surface area contributed by atoms with Crippen molar-refractivity contribution in [2.75, 3.05) is 19.8 Å². The molecule has 1 fully saturated rings. The van der Waals surface area contributed by atoms with E-state index in [-0.39, 0.29) is 11.9 Å². The summed E-state index contributed by atoms with van der Waals surface area (Å²) in [6.07, 6.45) is 3.14. The summed E-state index contributed by atoms with van der Waals surface area (Å²) < 4.78 is 20.3. The van der Waals surface area contributed by atoms with E-state index in [4.69, 9.17) is 4.74 Å². The van der Waals surface area contributed by atoms with Crippen LogP contribution in [-0.4, -0.2) is 19.8 Å². The first-order chi connectivity index (χ1) is 9.20. The molecule has 0 aliphatic carbocycles. The number of benzene rings is 1. The minimum absolute atomic E-state index is 0.0885. The average molecular weight is 330 g/mol. The standard InChI is InChI=1S/C15H21BrFNO/c1-2-18-15(9-11-5-7-19-8-6-11)13-10-12(16)3-4-14(13)17/h3-4,10-11,15,18H,2,5-9H2,1H3. The highest BCUT2D eigenvalue weighted by atomic mass is 79.9. The van der Waals surface area contributed by atoms with Gasteiger partial charge in [-0.25, -0.2) is 4.39 Å². The molecule has 1 atom stereocenters. The smallest absolute Gasteiger partial charge is 0.128 e. The molecule has 4 heteroatoms. The molecule has 1 aromatic rings. The predicted octanol–water partition coefficient (Wildman–Crippen LogP) is 4.06. The van der Waals surface area contributed by atoms with E-state index in [2.05, 4.69) is 28.2 Å². The molecule has 0 bridgehead atoms. The summed E-state index contributed by atoms with van der Waals surface area (Å²) in [5, 5.41) is 3.41. The van der Waals surface area contributed by atoms with Gasteiger partial charge in [-0.1, -0.05) is 22.9 Å². The Bertz CT molecular complexity index is 407. The SMILES string of the molecule is CCNC(CC1CCOCC1)c1cc(Br)ccc1F. The lowest BCUT2D eigenvalue weighted by Gasteiger charge is -2.27. The van der Waals surface area contributed by atoms with E-state index >= 15 is 0 Å². The lowest BCUT2D eigenvalue weighted by atomic mass is 9.89. The van der Waals surface area contributed by atoms with E-state index in [9.17, 15) is 4.39 Å². The van der Waals surface area contributed by atoms with Crippen molar-refractivity contribution >= 4 is 15.9 Å². The molecule has 1 aromatic carbocycles. The van der Waals surface area contributed by atoms with Crippen LogP contribution in [-0.2, 0) is 4.74 Å². The van der Waals surface area contributed by atoms with Crippen molar-refractivity contribution in [2.24, 2.45) is 5.92 Å². The van der Waals surface area contributed by atoms with Crippen LogP contribution in [0, 0.1) is 11.7 Å². The van der Waals surface area contributed by atoms with E-state index in [0.29, 0.717) is 5.92 Å². The van der Waals surface area contributed by atoms with Gasteiger partial charge in [0.1, 0.15) is 5.82 Å². The predicted molar refractivity (Wildman–Crippen MR) is 78.7 cm³/mol. The van der Waals surface area contributed by atoms with Crippen LogP contribution in [0.1, 0.15) is 37.8 Å². The van der Waals surface area contributed by atoms with Crippen LogP contribution in [0.3, 0.4) is 0 Å². The van der Waals surface area contributed by atoms with Crippen molar-refractivity contribution in [3.05, 3.63) is 34.1 Å². The first-order valence-electron chi connectivity index (χ1n) is 6.96. The Morgan fingerprint density at radius 1 is 1.42 bits per heavy atom. The second kappa shape index (κ2) is 7.36. The monoisotopic (exact) mass is 329 g/mol. The van der Waals surface area contributed by atoms with Gasteiger partial charge in [-0.2, -0.15) is 0 Å². The van der Waals surface area contributed by atoms with Crippen molar-refractivity contribution < 1.29 is 9.13 Å². The zero-order valence-electron chi connectivity index (χ0n) is 11.3. The Kier molecular flexibility index (Phi) is 5.79.